The molecule has 3 aromatic rings. The maximum Gasteiger partial charge on any atom is 0.266 e. The van der Waals surface area contributed by atoms with Gasteiger partial charge in [0.25, 0.3) is 11.9 Å². The first kappa shape index (κ1) is 20.3. The molecular weight excluding hydrogens is 409 g/mol. The van der Waals surface area contributed by atoms with Crippen LogP contribution in [0.1, 0.15) is 53.6 Å². The van der Waals surface area contributed by atoms with Crippen molar-refractivity contribution in [2.24, 2.45) is 7.05 Å². The number of nitrogens with one attached hydrogen (secondary N) is 1. The van der Waals surface area contributed by atoms with Gasteiger partial charge in [0.15, 0.2) is 0 Å². The van der Waals surface area contributed by atoms with Crippen molar-refractivity contribution in [2.45, 2.75) is 32.1 Å². The van der Waals surface area contributed by atoms with Crippen molar-refractivity contribution in [3.05, 3.63) is 64.6 Å². The van der Waals surface area contributed by atoms with E-state index in [0.29, 0.717) is 18.3 Å². The summed E-state index contributed by atoms with van der Waals surface area (Å²) >= 11 is 0. The summed E-state index contributed by atoms with van der Waals surface area (Å²) in [5.41, 5.74) is 4.31. The van der Waals surface area contributed by atoms with Gasteiger partial charge in [-0.3, -0.25) is 4.79 Å². The number of anilines is 2. The first-order chi connectivity index (χ1) is 15.5. The highest BCUT2D eigenvalue weighted by Gasteiger charge is 2.30. The molecule has 2 aromatic heterocycles. The largest absolute Gasteiger partial charge is 0.334 e. The van der Waals surface area contributed by atoms with Gasteiger partial charge in [0.05, 0.1) is 12.6 Å². The van der Waals surface area contributed by atoms with Crippen molar-refractivity contribution < 1.29 is 9.18 Å². The van der Waals surface area contributed by atoms with Crippen molar-refractivity contribution in [3.8, 4) is 0 Å². The zero-order chi connectivity index (χ0) is 22.2. The molecule has 1 aliphatic heterocycles. The number of aryl methyl sites for hydroxylation is 1. The molecule has 1 fully saturated rings. The van der Waals surface area contributed by atoms with Gasteiger partial charge in [-0.2, -0.15) is 4.80 Å². The van der Waals surface area contributed by atoms with Crippen LogP contribution in [-0.2, 0) is 7.05 Å². The van der Waals surface area contributed by atoms with Crippen LogP contribution in [0.2, 0.25) is 0 Å². The Kier molecular flexibility index (Phi) is 5.16. The molecular formula is C23H24FN7O. The highest BCUT2D eigenvalue weighted by atomic mass is 19.1. The van der Waals surface area contributed by atoms with E-state index in [9.17, 15) is 9.18 Å². The maximum absolute atomic E-state index is 14.4. The number of benzene rings is 1. The number of halogens is 1. The van der Waals surface area contributed by atoms with Gasteiger partial charge in [-0.25, -0.2) is 9.37 Å². The minimum Gasteiger partial charge on any atom is -0.334 e. The summed E-state index contributed by atoms with van der Waals surface area (Å²) in [5, 5.41) is 15.1. The van der Waals surface area contributed by atoms with E-state index in [4.69, 9.17) is 0 Å². The Labute approximate surface area is 185 Å². The molecule has 0 unspecified atom stereocenters. The molecule has 0 bridgehead atoms. The smallest absolute Gasteiger partial charge is 0.266 e. The molecule has 1 N–H and O–H groups in total. The predicted molar refractivity (Wildman–Crippen MR) is 119 cm³/mol. The van der Waals surface area contributed by atoms with E-state index in [1.807, 2.05) is 12.1 Å². The number of pyridine rings is 1. The second kappa shape index (κ2) is 8.14. The molecule has 5 rings (SSSR count). The number of hydrogen-bond acceptors (Lipinski definition) is 6. The standard InChI is InChI=1S/C23H24FN7O/c1-14-10-11-31(23-27-29-30(2)28-23)13-18(14)16-8-9-20(25-12-16)26-22(32)21-17(15-6-7-15)4-3-5-19(21)24/h3-5,8-9,12,15H,6-7,10-11,13H2,1-2H3,(H,25,26,32). The van der Waals surface area contributed by atoms with Crippen LogP contribution in [-0.4, -0.2) is 44.2 Å². The third-order valence-corrected chi connectivity index (χ3v) is 6.05. The summed E-state index contributed by atoms with van der Waals surface area (Å²) in [5.74, 6) is 0.313. The number of nitrogens with zero attached hydrogens (tertiary/aromatic N) is 6. The second-order valence-electron chi connectivity index (χ2n) is 8.37. The lowest BCUT2D eigenvalue weighted by atomic mass is 9.96. The summed E-state index contributed by atoms with van der Waals surface area (Å²) in [6.07, 6.45) is 4.62. The summed E-state index contributed by atoms with van der Waals surface area (Å²) in [6.45, 7) is 3.60. The topological polar surface area (TPSA) is 88.8 Å². The number of tetrazole rings is 1. The monoisotopic (exact) mass is 433 g/mol. The van der Waals surface area contributed by atoms with E-state index in [-0.39, 0.29) is 11.5 Å². The normalized spacial score (nSPS) is 16.4. The van der Waals surface area contributed by atoms with Crippen molar-refractivity contribution >= 4 is 23.2 Å². The molecule has 1 amide bonds. The first-order valence-corrected chi connectivity index (χ1v) is 10.7. The van der Waals surface area contributed by atoms with E-state index < -0.39 is 11.7 Å². The number of amides is 1. The molecule has 2 aliphatic rings. The average molecular weight is 433 g/mol. The Morgan fingerprint density at radius 3 is 2.75 bits per heavy atom. The Bertz CT molecular complexity index is 1200. The van der Waals surface area contributed by atoms with Crippen LogP contribution in [0, 0.1) is 5.82 Å². The number of rotatable bonds is 5. The lowest BCUT2D eigenvalue weighted by molar-refractivity contribution is 0.102. The number of carbonyl (C=O) groups is 1. The Balaban J connectivity index is 1.33. The van der Waals surface area contributed by atoms with Gasteiger partial charge in [0.1, 0.15) is 11.6 Å². The van der Waals surface area contributed by atoms with Gasteiger partial charge in [-0.15, -0.1) is 5.10 Å². The molecule has 8 nitrogen and oxygen atoms in total. The SMILES string of the molecule is CC1=C(c2ccc(NC(=O)c3c(F)cccc3C3CC3)nc2)CN(c2nnn(C)n2)CC1. The highest BCUT2D eigenvalue weighted by molar-refractivity contribution is 6.05. The molecule has 32 heavy (non-hydrogen) atoms. The van der Waals surface area contributed by atoms with Gasteiger partial charge >= 0.3 is 0 Å². The molecule has 9 heteroatoms. The second-order valence-corrected chi connectivity index (χ2v) is 8.37. The zero-order valence-corrected chi connectivity index (χ0v) is 18.0. The van der Waals surface area contributed by atoms with Gasteiger partial charge in [0.2, 0.25) is 0 Å². The molecule has 1 saturated carbocycles. The fourth-order valence-corrected chi connectivity index (χ4v) is 4.11. The van der Waals surface area contributed by atoms with Crippen LogP contribution in [0.3, 0.4) is 0 Å². The third kappa shape index (κ3) is 3.98. The van der Waals surface area contributed by atoms with Crippen LogP contribution in [0.4, 0.5) is 16.2 Å². The molecule has 0 radical (unpaired) electrons. The Morgan fingerprint density at radius 1 is 1.22 bits per heavy atom. The van der Waals surface area contributed by atoms with Crippen LogP contribution in [0.25, 0.3) is 5.57 Å². The first-order valence-electron chi connectivity index (χ1n) is 10.7. The predicted octanol–water partition coefficient (Wildman–Crippen LogP) is 3.56. The van der Waals surface area contributed by atoms with Gasteiger partial charge in [0, 0.05) is 19.3 Å². The molecule has 1 aromatic carbocycles. The van der Waals surface area contributed by atoms with Gasteiger partial charge < -0.3 is 10.2 Å². The quantitative estimate of drug-likeness (QED) is 0.662. The summed E-state index contributed by atoms with van der Waals surface area (Å²) in [6, 6.07) is 8.51. The third-order valence-electron chi connectivity index (χ3n) is 6.05. The Hall–Kier alpha value is -3.62. The lowest BCUT2D eigenvalue weighted by Gasteiger charge is -2.28. The van der Waals surface area contributed by atoms with Crippen molar-refractivity contribution in [1.29, 1.82) is 0 Å². The van der Waals surface area contributed by atoms with Crippen molar-refractivity contribution in [2.75, 3.05) is 23.3 Å². The van der Waals surface area contributed by atoms with Crippen molar-refractivity contribution in [1.82, 2.24) is 25.2 Å². The number of aromatic nitrogens is 5. The molecule has 1 aliphatic carbocycles. The lowest BCUT2D eigenvalue weighted by Crippen LogP contribution is -2.31. The van der Waals surface area contributed by atoms with Crippen LogP contribution in [0.5, 0.6) is 0 Å². The van der Waals surface area contributed by atoms with Crippen LogP contribution < -0.4 is 10.2 Å². The minimum absolute atomic E-state index is 0.124. The molecule has 0 saturated heterocycles. The Morgan fingerprint density at radius 2 is 2.06 bits per heavy atom. The maximum atomic E-state index is 14.4. The molecule has 3 heterocycles. The fourth-order valence-electron chi connectivity index (χ4n) is 4.11. The van der Waals surface area contributed by atoms with Gasteiger partial charge in [-0.1, -0.05) is 22.8 Å². The molecule has 0 atom stereocenters. The van der Waals surface area contributed by atoms with E-state index >= 15 is 0 Å². The van der Waals surface area contributed by atoms with Crippen molar-refractivity contribution in [3.63, 3.8) is 0 Å². The van der Waals surface area contributed by atoms with E-state index in [1.54, 1.807) is 25.4 Å². The summed E-state index contributed by atoms with van der Waals surface area (Å²) in [7, 11) is 1.74. The summed E-state index contributed by atoms with van der Waals surface area (Å²) in [4.78, 5) is 20.8. The van der Waals surface area contributed by atoms with Gasteiger partial charge in [-0.05, 0) is 72.2 Å². The zero-order valence-electron chi connectivity index (χ0n) is 18.0. The fraction of sp³-hybridized carbons (Fsp3) is 0.348. The van der Waals surface area contributed by atoms with E-state index in [1.165, 1.54) is 16.4 Å². The molecule has 164 valence electrons. The number of hydrogen-bond donors (Lipinski definition) is 1. The average Bonchev–Trinajstić information content (AvgIpc) is 3.55. The summed E-state index contributed by atoms with van der Waals surface area (Å²) < 4.78 is 14.4. The molecule has 0 spiro atoms. The van der Waals surface area contributed by atoms with Crippen LogP contribution >= 0.6 is 0 Å². The van der Waals surface area contributed by atoms with Crippen LogP contribution in [0.15, 0.2) is 42.1 Å². The van der Waals surface area contributed by atoms with E-state index in [2.05, 4.69) is 37.5 Å². The van der Waals surface area contributed by atoms with E-state index in [0.717, 1.165) is 42.5 Å². The minimum atomic E-state index is -0.496. The number of carbonyl (C=O) groups excluding carboxylic acids is 1. The highest BCUT2D eigenvalue weighted by Crippen LogP contribution is 2.42.